The maximum absolute atomic E-state index is 11.3. The molecule has 0 spiro atoms. The van der Waals surface area contributed by atoms with Gasteiger partial charge in [-0.2, -0.15) is 0 Å². The molecule has 0 bridgehead atoms. The molecule has 0 heterocycles. The summed E-state index contributed by atoms with van der Waals surface area (Å²) >= 11 is 0. The minimum Gasteiger partial charge on any atom is -0.466 e. The highest BCUT2D eigenvalue weighted by molar-refractivity contribution is 7.43. The molecule has 0 saturated heterocycles. The molecule has 0 aromatic heterocycles. The molecule has 0 amide bonds. The number of carbonyl (C=O) groups excluding carboxylic acids is 1. The molecule has 0 N–H and O–H groups in total. The second-order valence-corrected chi connectivity index (χ2v) is 8.22. The zero-order valence-corrected chi connectivity index (χ0v) is 15.8. The minimum absolute atomic E-state index is 0.191. The van der Waals surface area contributed by atoms with Gasteiger partial charge in [0.25, 0.3) is 0 Å². The van der Waals surface area contributed by atoms with Gasteiger partial charge in [0.05, 0.1) is 20.8 Å². The van der Waals surface area contributed by atoms with Crippen molar-refractivity contribution < 1.29 is 14.1 Å². The molecular weight excluding hydrogens is 295 g/mol. The predicted molar refractivity (Wildman–Crippen MR) is 96.4 cm³/mol. The summed E-state index contributed by atoms with van der Waals surface area (Å²) in [6.45, 7) is 4.47. The molecule has 3 nitrogen and oxygen atoms in total. The summed E-state index contributed by atoms with van der Waals surface area (Å²) in [6.07, 6.45) is 16.5. The van der Waals surface area contributed by atoms with Gasteiger partial charge in [-0.05, 0) is 13.1 Å². The van der Waals surface area contributed by atoms with Gasteiger partial charge in [-0.25, -0.2) is 0 Å². The van der Waals surface area contributed by atoms with Crippen LogP contribution in [0.25, 0.3) is 0 Å². The Morgan fingerprint density at radius 3 is 1.73 bits per heavy atom. The van der Waals surface area contributed by atoms with Crippen molar-refractivity contribution in [1.29, 1.82) is 0 Å². The molecule has 0 rings (SSSR count). The van der Waals surface area contributed by atoms with Crippen LogP contribution in [-0.2, 0) is 14.1 Å². The van der Waals surface area contributed by atoms with Crippen LogP contribution in [0.3, 0.4) is 0 Å². The van der Waals surface area contributed by atoms with Crippen molar-refractivity contribution >= 4 is 13.8 Å². The number of esters is 1. The first-order valence-electron chi connectivity index (χ1n) is 9.32. The van der Waals surface area contributed by atoms with Crippen molar-refractivity contribution in [2.45, 2.75) is 90.4 Å². The summed E-state index contributed by atoms with van der Waals surface area (Å²) in [5.41, 5.74) is 0. The molecule has 0 radical (unpaired) electrons. The van der Waals surface area contributed by atoms with E-state index in [-0.39, 0.29) is 5.97 Å². The maximum atomic E-state index is 11.3. The van der Waals surface area contributed by atoms with Crippen LogP contribution in [0.15, 0.2) is 0 Å². The van der Waals surface area contributed by atoms with E-state index < -0.39 is 7.80 Å². The highest BCUT2D eigenvalue weighted by Crippen LogP contribution is 2.15. The number of hydrogen-bond acceptors (Lipinski definition) is 3. The van der Waals surface area contributed by atoms with E-state index in [1.807, 2.05) is 0 Å². The van der Waals surface area contributed by atoms with Crippen LogP contribution >= 0.6 is 7.80 Å². The predicted octanol–water partition coefficient (Wildman–Crippen LogP) is 5.81. The van der Waals surface area contributed by atoms with Crippen molar-refractivity contribution in [2.75, 3.05) is 19.4 Å². The molecule has 0 aromatic carbocycles. The average molecular weight is 332 g/mol. The Hall–Kier alpha value is -0.300. The summed E-state index contributed by atoms with van der Waals surface area (Å²) in [5.74, 6) is -0.191. The number of ether oxygens (including phenoxy) is 1. The van der Waals surface area contributed by atoms with Gasteiger partial charge in [-0.3, -0.25) is 4.79 Å². The molecule has 4 heteroatoms. The average Bonchev–Trinajstić information content (AvgIpc) is 2.49. The highest BCUT2D eigenvalue weighted by Gasteiger charge is 2.03. The summed E-state index contributed by atoms with van der Waals surface area (Å²) in [4.78, 5) is 11.3. The summed E-state index contributed by atoms with van der Waals surface area (Å²) < 4.78 is 16.0. The normalized spacial score (nSPS) is 12.3. The van der Waals surface area contributed by atoms with Crippen molar-refractivity contribution in [1.82, 2.24) is 0 Å². The number of hydrogen-bond donors (Lipinski definition) is 0. The second kappa shape index (κ2) is 17.1. The topological polar surface area (TPSA) is 43.4 Å². The van der Waals surface area contributed by atoms with Crippen LogP contribution in [0.2, 0.25) is 0 Å². The lowest BCUT2D eigenvalue weighted by Crippen LogP contribution is -2.06. The molecule has 1 unspecified atom stereocenters. The summed E-state index contributed by atoms with van der Waals surface area (Å²) in [5, 5.41) is 0. The van der Waals surface area contributed by atoms with Gasteiger partial charge in [0.2, 0.25) is 0 Å². The van der Waals surface area contributed by atoms with Gasteiger partial charge in [-0.15, -0.1) is 0 Å². The van der Waals surface area contributed by atoms with Crippen LogP contribution in [0.4, 0.5) is 0 Å². The Morgan fingerprint density at radius 2 is 1.27 bits per heavy atom. The molecule has 132 valence electrons. The lowest BCUT2D eigenvalue weighted by Gasteiger charge is -2.05. The van der Waals surface area contributed by atoms with E-state index in [0.29, 0.717) is 19.2 Å². The molecule has 0 aliphatic rings. The van der Waals surface area contributed by atoms with Crippen molar-refractivity contribution in [3.63, 3.8) is 0 Å². The third-order valence-corrected chi connectivity index (χ3v) is 4.90. The van der Waals surface area contributed by atoms with E-state index in [1.54, 1.807) is 6.66 Å². The fourth-order valence-corrected chi connectivity index (χ4v) is 3.04. The number of carbonyl (C=O) groups is 1. The van der Waals surface area contributed by atoms with E-state index >= 15 is 0 Å². The third-order valence-electron chi connectivity index (χ3n) is 3.94. The largest absolute Gasteiger partial charge is 0.466 e. The molecule has 0 fully saturated rings. The monoisotopic (exact) mass is 332 g/mol. The summed E-state index contributed by atoms with van der Waals surface area (Å²) in [7, 11) is -1.54. The fourth-order valence-electron chi connectivity index (χ4n) is 2.48. The van der Waals surface area contributed by atoms with Crippen LogP contribution in [-0.4, -0.2) is 25.4 Å². The third kappa shape index (κ3) is 17.8. The van der Waals surface area contributed by atoms with Gasteiger partial charge in [0, 0.05) is 6.16 Å². The Kier molecular flexibility index (Phi) is 16.8. The van der Waals surface area contributed by atoms with E-state index in [2.05, 4.69) is 6.92 Å². The van der Waals surface area contributed by atoms with Gasteiger partial charge >= 0.3 is 5.97 Å². The fraction of sp³-hybridized carbons (Fsp3) is 0.944. The zero-order chi connectivity index (χ0) is 16.5. The highest BCUT2D eigenvalue weighted by atomic mass is 31.1. The zero-order valence-electron chi connectivity index (χ0n) is 14.8. The van der Waals surface area contributed by atoms with E-state index in [0.717, 1.165) is 12.8 Å². The molecule has 0 aromatic rings. The van der Waals surface area contributed by atoms with Crippen LogP contribution in [0.5, 0.6) is 0 Å². The van der Waals surface area contributed by atoms with Crippen LogP contribution in [0, 0.1) is 0 Å². The quantitative estimate of drug-likeness (QED) is 0.203. The van der Waals surface area contributed by atoms with Crippen LogP contribution < -0.4 is 0 Å². The molecule has 0 aliphatic carbocycles. The molecule has 0 aliphatic heterocycles. The van der Waals surface area contributed by atoms with Gasteiger partial charge < -0.3 is 9.30 Å². The van der Waals surface area contributed by atoms with E-state index in [4.69, 9.17) is 4.74 Å². The van der Waals surface area contributed by atoms with Gasteiger partial charge in [0.1, 0.15) is 0 Å². The van der Waals surface area contributed by atoms with Gasteiger partial charge in [0.15, 0.2) is 0 Å². The smallest absolute Gasteiger partial charge is 0.306 e. The van der Waals surface area contributed by atoms with E-state index in [1.165, 1.54) is 64.2 Å². The lowest BCUT2D eigenvalue weighted by molar-refractivity contribution is -0.143. The van der Waals surface area contributed by atoms with Crippen molar-refractivity contribution in [3.05, 3.63) is 0 Å². The van der Waals surface area contributed by atoms with Crippen molar-refractivity contribution in [3.8, 4) is 0 Å². The molecular formula is C18H37O3P. The Bertz CT molecular complexity index is 280. The first-order chi connectivity index (χ1) is 10.7. The van der Waals surface area contributed by atoms with E-state index in [9.17, 15) is 9.36 Å². The molecule has 1 atom stereocenters. The standard InChI is InChI=1S/C18H37O3P/c1-3-4-5-6-7-8-9-10-11-12-13-14-16-21-18(19)15-17-22(2)20/h22H,3-17H2,1-2H3. The first-order valence-corrected chi connectivity index (χ1v) is 11.4. The lowest BCUT2D eigenvalue weighted by atomic mass is 10.1. The van der Waals surface area contributed by atoms with Gasteiger partial charge in [-0.1, -0.05) is 77.6 Å². The first kappa shape index (κ1) is 21.7. The Labute approximate surface area is 138 Å². The number of rotatable bonds is 16. The minimum atomic E-state index is -1.54. The number of unbranched alkanes of at least 4 members (excludes halogenated alkanes) is 11. The molecule has 22 heavy (non-hydrogen) atoms. The Morgan fingerprint density at radius 1 is 0.818 bits per heavy atom. The van der Waals surface area contributed by atoms with Crippen LogP contribution in [0.1, 0.15) is 90.4 Å². The van der Waals surface area contributed by atoms with Crippen molar-refractivity contribution in [2.24, 2.45) is 0 Å². The second-order valence-electron chi connectivity index (χ2n) is 6.31. The maximum Gasteiger partial charge on any atom is 0.306 e. The summed E-state index contributed by atoms with van der Waals surface area (Å²) in [6, 6.07) is 0. The Balaban J connectivity index is 3.11. The molecule has 0 saturated carbocycles. The SMILES string of the molecule is CCCCCCCCCCCCCCOC(=O)CC[PH](C)=O.